The molecule has 0 spiro atoms. The zero-order chi connectivity index (χ0) is 22.1. The molecule has 0 aliphatic rings. The van der Waals surface area contributed by atoms with Crippen LogP contribution in [0.5, 0.6) is 0 Å². The van der Waals surface area contributed by atoms with Crippen molar-refractivity contribution in [2.24, 2.45) is 0 Å². The molecular formula is C29H34F2. The van der Waals surface area contributed by atoms with E-state index in [0.717, 1.165) is 18.4 Å². The van der Waals surface area contributed by atoms with Crippen LogP contribution >= 0.6 is 0 Å². The van der Waals surface area contributed by atoms with Gasteiger partial charge < -0.3 is 0 Å². The number of rotatable bonds is 11. The summed E-state index contributed by atoms with van der Waals surface area (Å²) in [5, 5.41) is 0. The fourth-order valence-electron chi connectivity index (χ4n) is 4.05. The molecule has 0 atom stereocenters. The molecule has 0 N–H and O–H groups in total. The third-order valence-electron chi connectivity index (χ3n) is 6.00. The molecule has 0 saturated carbocycles. The van der Waals surface area contributed by atoms with Gasteiger partial charge in [-0.3, -0.25) is 0 Å². The van der Waals surface area contributed by atoms with Gasteiger partial charge in [-0.25, -0.2) is 8.78 Å². The standard InChI is InChI=1S/C29H34F2/c1-3-5-6-7-9-22-10-15-24(16-11-22)25-17-12-23(13-18-25)14-19-27-21-20-26(8-4-2)28(30)29(27)31/h10-13,15-18,20-21H,3-9,14,19H2,1-2H3. The largest absolute Gasteiger partial charge is 0.203 e. The van der Waals surface area contributed by atoms with E-state index in [9.17, 15) is 8.78 Å². The summed E-state index contributed by atoms with van der Waals surface area (Å²) in [5.41, 5.74) is 5.85. The minimum absolute atomic E-state index is 0.455. The molecule has 2 heteroatoms. The van der Waals surface area contributed by atoms with E-state index in [4.69, 9.17) is 0 Å². The highest BCUT2D eigenvalue weighted by Crippen LogP contribution is 2.23. The van der Waals surface area contributed by atoms with Crippen molar-refractivity contribution in [1.29, 1.82) is 0 Å². The van der Waals surface area contributed by atoms with E-state index in [1.54, 1.807) is 12.1 Å². The van der Waals surface area contributed by atoms with Gasteiger partial charge in [0.15, 0.2) is 11.6 Å². The van der Waals surface area contributed by atoms with Crippen LogP contribution in [0.4, 0.5) is 8.78 Å². The predicted octanol–water partition coefficient (Wildman–Crippen LogP) is 8.49. The van der Waals surface area contributed by atoms with Crippen LogP contribution in [0, 0.1) is 11.6 Å². The van der Waals surface area contributed by atoms with E-state index >= 15 is 0 Å². The number of benzene rings is 3. The highest BCUT2D eigenvalue weighted by molar-refractivity contribution is 5.64. The average Bonchev–Trinajstić information content (AvgIpc) is 2.80. The number of halogens is 2. The lowest BCUT2D eigenvalue weighted by Crippen LogP contribution is -2.01. The van der Waals surface area contributed by atoms with Gasteiger partial charge in [0.25, 0.3) is 0 Å². The van der Waals surface area contributed by atoms with Crippen molar-refractivity contribution >= 4 is 0 Å². The molecule has 0 unspecified atom stereocenters. The highest BCUT2D eigenvalue weighted by Gasteiger charge is 2.12. The minimum atomic E-state index is -0.683. The second kappa shape index (κ2) is 11.8. The van der Waals surface area contributed by atoms with E-state index in [1.807, 2.05) is 6.92 Å². The first-order valence-corrected chi connectivity index (χ1v) is 11.8. The normalized spacial score (nSPS) is 11.1. The van der Waals surface area contributed by atoms with Gasteiger partial charge in [-0.1, -0.05) is 100 Å². The van der Waals surface area contributed by atoms with Gasteiger partial charge in [-0.2, -0.15) is 0 Å². The van der Waals surface area contributed by atoms with E-state index < -0.39 is 11.6 Å². The average molecular weight is 421 g/mol. The summed E-state index contributed by atoms with van der Waals surface area (Å²) < 4.78 is 28.5. The molecule has 0 nitrogen and oxygen atoms in total. The minimum Gasteiger partial charge on any atom is -0.203 e. The van der Waals surface area contributed by atoms with E-state index in [1.165, 1.54) is 42.4 Å². The Morgan fingerprint density at radius 1 is 0.484 bits per heavy atom. The van der Waals surface area contributed by atoms with Crippen LogP contribution < -0.4 is 0 Å². The summed E-state index contributed by atoms with van der Waals surface area (Å²) in [7, 11) is 0. The summed E-state index contributed by atoms with van der Waals surface area (Å²) in [6.45, 7) is 4.21. The second-order valence-corrected chi connectivity index (χ2v) is 8.47. The van der Waals surface area contributed by atoms with Gasteiger partial charge in [0.1, 0.15) is 0 Å². The number of unbranched alkanes of at least 4 members (excludes halogenated alkanes) is 3. The maximum absolute atomic E-state index is 14.3. The first-order valence-electron chi connectivity index (χ1n) is 11.8. The first-order chi connectivity index (χ1) is 15.1. The van der Waals surface area contributed by atoms with Gasteiger partial charge in [-0.05, 0) is 65.5 Å². The van der Waals surface area contributed by atoms with Crippen LogP contribution in [0.25, 0.3) is 11.1 Å². The zero-order valence-corrected chi connectivity index (χ0v) is 18.9. The molecule has 0 aliphatic heterocycles. The Morgan fingerprint density at radius 2 is 1.00 bits per heavy atom. The van der Waals surface area contributed by atoms with Crippen molar-refractivity contribution in [1.82, 2.24) is 0 Å². The molecule has 0 amide bonds. The molecule has 3 aromatic carbocycles. The van der Waals surface area contributed by atoms with Crippen molar-refractivity contribution in [3.8, 4) is 11.1 Å². The lowest BCUT2D eigenvalue weighted by atomic mass is 9.98. The van der Waals surface area contributed by atoms with Gasteiger partial charge >= 0.3 is 0 Å². The van der Waals surface area contributed by atoms with Crippen LogP contribution in [-0.4, -0.2) is 0 Å². The summed E-state index contributed by atoms with van der Waals surface area (Å²) in [4.78, 5) is 0. The molecule has 0 aromatic heterocycles. The van der Waals surface area contributed by atoms with Crippen molar-refractivity contribution < 1.29 is 8.78 Å². The van der Waals surface area contributed by atoms with Crippen LogP contribution in [0.1, 0.15) is 68.2 Å². The molecule has 0 radical (unpaired) electrons. The smallest absolute Gasteiger partial charge is 0.162 e. The quantitative estimate of drug-likeness (QED) is 0.273. The first kappa shape index (κ1) is 23.2. The molecule has 0 heterocycles. The van der Waals surface area contributed by atoms with Crippen LogP contribution in [0.3, 0.4) is 0 Å². The van der Waals surface area contributed by atoms with E-state index in [2.05, 4.69) is 55.5 Å². The second-order valence-electron chi connectivity index (χ2n) is 8.47. The molecule has 0 fully saturated rings. The predicted molar refractivity (Wildman–Crippen MR) is 127 cm³/mol. The van der Waals surface area contributed by atoms with Crippen molar-refractivity contribution in [3.63, 3.8) is 0 Å². The third kappa shape index (κ3) is 6.50. The third-order valence-corrected chi connectivity index (χ3v) is 6.00. The summed E-state index contributed by atoms with van der Waals surface area (Å²) >= 11 is 0. The zero-order valence-electron chi connectivity index (χ0n) is 18.9. The maximum atomic E-state index is 14.3. The number of hydrogen-bond donors (Lipinski definition) is 0. The van der Waals surface area contributed by atoms with Crippen LogP contribution in [-0.2, 0) is 25.7 Å². The summed E-state index contributed by atoms with van der Waals surface area (Å²) in [6.07, 6.45) is 8.88. The van der Waals surface area contributed by atoms with E-state index in [-0.39, 0.29) is 0 Å². The fourth-order valence-corrected chi connectivity index (χ4v) is 4.05. The molecule has 0 aliphatic carbocycles. The Kier molecular flexibility index (Phi) is 8.82. The Balaban J connectivity index is 1.57. The molecule has 0 bridgehead atoms. The Morgan fingerprint density at radius 3 is 1.52 bits per heavy atom. The summed E-state index contributed by atoms with van der Waals surface area (Å²) in [5.74, 6) is -1.36. The van der Waals surface area contributed by atoms with Gasteiger partial charge in [0, 0.05) is 0 Å². The highest BCUT2D eigenvalue weighted by atomic mass is 19.2. The Hall–Kier alpha value is -2.48. The van der Waals surface area contributed by atoms with Gasteiger partial charge in [-0.15, -0.1) is 0 Å². The van der Waals surface area contributed by atoms with E-state index in [0.29, 0.717) is 30.4 Å². The number of hydrogen-bond acceptors (Lipinski definition) is 0. The van der Waals surface area contributed by atoms with Gasteiger partial charge in [0.05, 0.1) is 0 Å². The molecule has 3 rings (SSSR count). The topological polar surface area (TPSA) is 0 Å². The van der Waals surface area contributed by atoms with Crippen molar-refractivity contribution in [2.75, 3.05) is 0 Å². The summed E-state index contributed by atoms with van der Waals surface area (Å²) in [6, 6.07) is 20.7. The molecular weight excluding hydrogens is 386 g/mol. The molecule has 3 aromatic rings. The Bertz CT molecular complexity index is 940. The monoisotopic (exact) mass is 420 g/mol. The SMILES string of the molecule is CCCCCCc1ccc(-c2ccc(CCc3ccc(CCC)c(F)c3F)cc2)cc1. The molecule has 0 saturated heterocycles. The maximum Gasteiger partial charge on any atom is 0.162 e. The van der Waals surface area contributed by atoms with Gasteiger partial charge in [0.2, 0.25) is 0 Å². The molecule has 164 valence electrons. The molecule has 31 heavy (non-hydrogen) atoms. The van der Waals surface area contributed by atoms with Crippen LogP contribution in [0.15, 0.2) is 60.7 Å². The van der Waals surface area contributed by atoms with Crippen molar-refractivity contribution in [3.05, 3.63) is 94.6 Å². The number of aryl methyl sites for hydroxylation is 4. The lowest BCUT2D eigenvalue weighted by Gasteiger charge is -2.09. The fraction of sp³-hybridized carbons (Fsp3) is 0.379. The lowest BCUT2D eigenvalue weighted by molar-refractivity contribution is 0.488. The van der Waals surface area contributed by atoms with Crippen molar-refractivity contribution in [2.45, 2.75) is 71.6 Å². The Labute approximate surface area is 186 Å². The van der Waals surface area contributed by atoms with Crippen LogP contribution in [0.2, 0.25) is 0 Å².